The Balaban J connectivity index is 2.02. The molecule has 0 aliphatic heterocycles. The normalized spacial score (nSPS) is 10.8. The van der Waals surface area contributed by atoms with Crippen LogP contribution >= 0.6 is 11.3 Å². The Labute approximate surface area is 118 Å². The zero-order chi connectivity index (χ0) is 13.5. The van der Waals surface area contributed by atoms with Gasteiger partial charge in [-0.05, 0) is 19.0 Å². The van der Waals surface area contributed by atoms with Crippen LogP contribution in [-0.4, -0.2) is 32.3 Å². The van der Waals surface area contributed by atoms with Crippen molar-refractivity contribution in [2.45, 2.75) is 12.8 Å². The average molecular weight is 276 g/mol. The van der Waals surface area contributed by atoms with Crippen LogP contribution in [-0.2, 0) is 17.6 Å². The van der Waals surface area contributed by atoms with Crippen molar-refractivity contribution in [1.82, 2.24) is 10.3 Å². The number of hydrogen-bond donors (Lipinski definition) is 1. The molecular formula is C15H20N2OS. The smallest absolute Gasteiger partial charge is 0.0945 e. The third kappa shape index (κ3) is 4.13. The Kier molecular flexibility index (Phi) is 5.51. The molecule has 0 saturated heterocycles. The van der Waals surface area contributed by atoms with Gasteiger partial charge in [0.1, 0.15) is 0 Å². The quantitative estimate of drug-likeness (QED) is 0.844. The van der Waals surface area contributed by atoms with Crippen LogP contribution in [0.3, 0.4) is 0 Å². The first-order valence-electron chi connectivity index (χ1n) is 6.50. The van der Waals surface area contributed by atoms with E-state index in [-0.39, 0.29) is 0 Å². The van der Waals surface area contributed by atoms with Gasteiger partial charge >= 0.3 is 0 Å². The summed E-state index contributed by atoms with van der Waals surface area (Å²) in [6.45, 7) is 1.74. The Hall–Kier alpha value is -1.23. The van der Waals surface area contributed by atoms with Crippen LogP contribution in [0.1, 0.15) is 10.6 Å². The molecule has 1 heterocycles. The first-order chi connectivity index (χ1) is 9.33. The molecule has 1 aromatic carbocycles. The van der Waals surface area contributed by atoms with Gasteiger partial charge in [-0.15, -0.1) is 11.3 Å². The fourth-order valence-electron chi connectivity index (χ4n) is 1.85. The van der Waals surface area contributed by atoms with Crippen LogP contribution in [0.5, 0.6) is 0 Å². The van der Waals surface area contributed by atoms with Crippen LogP contribution in [0.4, 0.5) is 0 Å². The lowest BCUT2D eigenvalue weighted by Gasteiger charge is -2.02. The summed E-state index contributed by atoms with van der Waals surface area (Å²) in [6.07, 6.45) is 1.95. The highest BCUT2D eigenvalue weighted by Gasteiger charge is 2.04. The average Bonchev–Trinajstić information content (AvgIpc) is 2.92. The van der Waals surface area contributed by atoms with E-state index < -0.39 is 0 Å². The van der Waals surface area contributed by atoms with Gasteiger partial charge in [-0.3, -0.25) is 0 Å². The highest BCUT2D eigenvalue weighted by atomic mass is 32.1. The third-order valence-electron chi connectivity index (χ3n) is 2.99. The molecule has 102 valence electrons. The summed E-state index contributed by atoms with van der Waals surface area (Å²) in [4.78, 5) is 4.66. The van der Waals surface area contributed by atoms with Gasteiger partial charge in [0.05, 0.1) is 17.3 Å². The zero-order valence-electron chi connectivity index (χ0n) is 11.5. The summed E-state index contributed by atoms with van der Waals surface area (Å²) in [6, 6.07) is 8.59. The van der Waals surface area contributed by atoms with Gasteiger partial charge in [0.2, 0.25) is 0 Å². The first-order valence-corrected chi connectivity index (χ1v) is 7.38. The van der Waals surface area contributed by atoms with Crippen molar-refractivity contribution in [2.24, 2.45) is 0 Å². The summed E-state index contributed by atoms with van der Waals surface area (Å²) in [7, 11) is 3.70. The van der Waals surface area contributed by atoms with E-state index in [9.17, 15) is 0 Å². The van der Waals surface area contributed by atoms with E-state index in [1.54, 1.807) is 18.4 Å². The Bertz CT molecular complexity index is 493. The minimum atomic E-state index is 0.768. The summed E-state index contributed by atoms with van der Waals surface area (Å²) in [5.74, 6) is 0. The number of nitrogens with zero attached hydrogens (tertiary/aromatic N) is 1. The van der Waals surface area contributed by atoms with Gasteiger partial charge in [0.15, 0.2) is 0 Å². The number of benzene rings is 1. The predicted octanol–water partition coefficient (Wildman–Crippen LogP) is 2.76. The van der Waals surface area contributed by atoms with Gasteiger partial charge in [-0.1, -0.05) is 24.3 Å². The second-order valence-electron chi connectivity index (χ2n) is 4.42. The van der Waals surface area contributed by atoms with Crippen molar-refractivity contribution in [3.63, 3.8) is 0 Å². The number of ether oxygens (including phenoxy) is 1. The molecule has 0 unspecified atom stereocenters. The second kappa shape index (κ2) is 7.38. The van der Waals surface area contributed by atoms with Crippen molar-refractivity contribution >= 4 is 11.3 Å². The largest absolute Gasteiger partial charge is 0.384 e. The Morgan fingerprint density at radius 1 is 1.21 bits per heavy atom. The molecule has 0 saturated carbocycles. The number of likely N-dealkylation sites (N-methyl/N-ethyl adjacent to an activating group) is 1. The molecule has 0 aliphatic rings. The summed E-state index contributed by atoms with van der Waals surface area (Å²) in [5.41, 5.74) is 3.57. The molecule has 1 aromatic heterocycles. The van der Waals surface area contributed by atoms with Crippen molar-refractivity contribution in [3.8, 4) is 11.3 Å². The zero-order valence-corrected chi connectivity index (χ0v) is 12.3. The molecule has 19 heavy (non-hydrogen) atoms. The van der Waals surface area contributed by atoms with E-state index >= 15 is 0 Å². The number of thiazole rings is 1. The second-order valence-corrected chi connectivity index (χ2v) is 5.36. The summed E-state index contributed by atoms with van der Waals surface area (Å²) >= 11 is 1.73. The van der Waals surface area contributed by atoms with E-state index in [0.29, 0.717) is 0 Å². The van der Waals surface area contributed by atoms with E-state index in [0.717, 1.165) is 31.7 Å². The molecule has 0 fully saturated rings. The van der Waals surface area contributed by atoms with Gasteiger partial charge in [0, 0.05) is 31.0 Å². The molecule has 0 aliphatic carbocycles. The molecular weight excluding hydrogens is 256 g/mol. The molecule has 0 radical (unpaired) electrons. The maximum atomic E-state index is 5.08. The number of nitrogens with one attached hydrogen (secondary N) is 1. The monoisotopic (exact) mass is 276 g/mol. The summed E-state index contributed by atoms with van der Waals surface area (Å²) < 4.78 is 5.08. The SMILES string of the molecule is CNCCc1nc(-c2ccc(CCOC)cc2)cs1. The molecule has 0 spiro atoms. The highest BCUT2D eigenvalue weighted by Crippen LogP contribution is 2.22. The number of methoxy groups -OCH3 is 1. The van der Waals surface area contributed by atoms with Crippen molar-refractivity contribution in [1.29, 1.82) is 0 Å². The van der Waals surface area contributed by atoms with Gasteiger partial charge in [-0.25, -0.2) is 4.98 Å². The highest BCUT2D eigenvalue weighted by molar-refractivity contribution is 7.09. The minimum Gasteiger partial charge on any atom is -0.384 e. The lowest BCUT2D eigenvalue weighted by molar-refractivity contribution is 0.202. The van der Waals surface area contributed by atoms with E-state index in [4.69, 9.17) is 4.74 Å². The summed E-state index contributed by atoms with van der Waals surface area (Å²) in [5, 5.41) is 6.47. The van der Waals surface area contributed by atoms with Crippen LogP contribution in [0.25, 0.3) is 11.3 Å². The van der Waals surface area contributed by atoms with E-state index in [1.165, 1.54) is 16.1 Å². The molecule has 0 atom stereocenters. The molecule has 2 aromatic rings. The molecule has 0 amide bonds. The topological polar surface area (TPSA) is 34.2 Å². The lowest BCUT2D eigenvalue weighted by Crippen LogP contribution is -2.09. The fraction of sp³-hybridized carbons (Fsp3) is 0.400. The van der Waals surface area contributed by atoms with Crippen molar-refractivity contribution < 1.29 is 4.74 Å². The van der Waals surface area contributed by atoms with Crippen molar-refractivity contribution in [2.75, 3.05) is 27.3 Å². The van der Waals surface area contributed by atoms with Crippen LogP contribution in [0.15, 0.2) is 29.6 Å². The van der Waals surface area contributed by atoms with Crippen LogP contribution in [0.2, 0.25) is 0 Å². The predicted molar refractivity (Wildman–Crippen MR) is 80.8 cm³/mol. The lowest BCUT2D eigenvalue weighted by atomic mass is 10.1. The van der Waals surface area contributed by atoms with Crippen LogP contribution in [0, 0.1) is 0 Å². The molecule has 0 bridgehead atoms. The van der Waals surface area contributed by atoms with Gasteiger partial charge in [0.25, 0.3) is 0 Å². The maximum absolute atomic E-state index is 5.08. The van der Waals surface area contributed by atoms with Crippen LogP contribution < -0.4 is 5.32 Å². The minimum absolute atomic E-state index is 0.768. The molecule has 3 nitrogen and oxygen atoms in total. The number of aromatic nitrogens is 1. The fourth-order valence-corrected chi connectivity index (χ4v) is 2.66. The molecule has 4 heteroatoms. The third-order valence-corrected chi connectivity index (χ3v) is 3.89. The van der Waals surface area contributed by atoms with Gasteiger partial charge in [-0.2, -0.15) is 0 Å². The first kappa shape index (κ1) is 14.2. The molecule has 1 N–H and O–H groups in total. The number of rotatable bonds is 7. The Morgan fingerprint density at radius 2 is 2.00 bits per heavy atom. The van der Waals surface area contributed by atoms with Gasteiger partial charge < -0.3 is 10.1 Å². The van der Waals surface area contributed by atoms with E-state index in [1.807, 2.05) is 7.05 Å². The Morgan fingerprint density at radius 3 is 2.68 bits per heavy atom. The maximum Gasteiger partial charge on any atom is 0.0945 e. The standard InChI is InChI=1S/C15H20N2OS/c1-16-9-7-15-17-14(11-19-15)13-5-3-12(4-6-13)8-10-18-2/h3-6,11,16H,7-10H2,1-2H3. The number of hydrogen-bond acceptors (Lipinski definition) is 4. The molecule has 2 rings (SSSR count). The van der Waals surface area contributed by atoms with Crippen molar-refractivity contribution in [3.05, 3.63) is 40.2 Å². The van der Waals surface area contributed by atoms with E-state index in [2.05, 4.69) is 39.9 Å².